The van der Waals surface area contributed by atoms with Gasteiger partial charge in [-0.05, 0) is 67.7 Å². The molecule has 0 saturated heterocycles. The highest BCUT2D eigenvalue weighted by Crippen LogP contribution is 2.40. The lowest BCUT2D eigenvalue weighted by molar-refractivity contribution is 0.308. The van der Waals surface area contributed by atoms with Gasteiger partial charge in [-0.25, -0.2) is 0 Å². The molecule has 0 unspecified atom stereocenters. The Hall–Kier alpha value is -2.78. The Morgan fingerprint density at radius 1 is 0.893 bits per heavy atom. The van der Waals surface area contributed by atoms with E-state index in [9.17, 15) is 10.5 Å². The molecule has 0 spiro atoms. The summed E-state index contributed by atoms with van der Waals surface area (Å²) in [6.45, 7) is 4.82. The van der Waals surface area contributed by atoms with E-state index in [-0.39, 0.29) is 0 Å². The first kappa shape index (κ1) is 20.0. The molecule has 0 N–H and O–H groups in total. The number of hydrogen-bond donors (Lipinski definition) is 0. The molecule has 0 aromatic heterocycles. The van der Waals surface area contributed by atoms with Gasteiger partial charge in [0.05, 0.1) is 17.7 Å². The molecular weight excluding hydrogens is 344 g/mol. The molecule has 0 atom stereocenters. The number of ether oxygens (including phenoxy) is 1. The van der Waals surface area contributed by atoms with Gasteiger partial charge < -0.3 is 4.74 Å². The summed E-state index contributed by atoms with van der Waals surface area (Å²) >= 11 is 0. The van der Waals surface area contributed by atoms with Gasteiger partial charge in [0.25, 0.3) is 0 Å². The summed E-state index contributed by atoms with van der Waals surface area (Å²) in [5.41, 5.74) is 3.89. The fraction of sp³-hybridized carbons (Fsp3) is 0.440. The number of rotatable bonds is 6. The molecule has 28 heavy (non-hydrogen) atoms. The van der Waals surface area contributed by atoms with Crippen molar-refractivity contribution in [2.24, 2.45) is 5.92 Å². The van der Waals surface area contributed by atoms with E-state index in [0.29, 0.717) is 23.7 Å². The third-order valence-corrected chi connectivity index (χ3v) is 5.92. The average Bonchev–Trinajstić information content (AvgIpc) is 2.74. The minimum Gasteiger partial charge on any atom is -0.494 e. The van der Waals surface area contributed by atoms with E-state index < -0.39 is 0 Å². The summed E-state index contributed by atoms with van der Waals surface area (Å²) in [6, 6.07) is 16.5. The van der Waals surface area contributed by atoms with E-state index in [1.165, 1.54) is 25.7 Å². The van der Waals surface area contributed by atoms with E-state index in [1.807, 2.05) is 37.3 Å². The van der Waals surface area contributed by atoms with Gasteiger partial charge >= 0.3 is 0 Å². The Labute approximate surface area is 168 Å². The molecular formula is C25H28N2O. The highest BCUT2D eigenvalue weighted by molar-refractivity contribution is 5.75. The molecule has 0 bridgehead atoms. The topological polar surface area (TPSA) is 56.8 Å². The van der Waals surface area contributed by atoms with Crippen LogP contribution in [0.15, 0.2) is 36.4 Å². The van der Waals surface area contributed by atoms with E-state index in [1.54, 1.807) is 0 Å². The zero-order valence-electron chi connectivity index (χ0n) is 16.9. The summed E-state index contributed by atoms with van der Waals surface area (Å²) in [4.78, 5) is 0. The van der Waals surface area contributed by atoms with E-state index in [0.717, 1.165) is 41.2 Å². The van der Waals surface area contributed by atoms with E-state index in [4.69, 9.17) is 4.74 Å². The van der Waals surface area contributed by atoms with Crippen LogP contribution in [0.25, 0.3) is 11.1 Å². The van der Waals surface area contributed by atoms with Gasteiger partial charge in [-0.15, -0.1) is 0 Å². The van der Waals surface area contributed by atoms with Crippen LogP contribution in [-0.4, -0.2) is 6.61 Å². The van der Waals surface area contributed by atoms with Gasteiger partial charge in [-0.1, -0.05) is 44.0 Å². The zero-order valence-corrected chi connectivity index (χ0v) is 16.9. The first-order valence-electron chi connectivity index (χ1n) is 10.4. The summed E-state index contributed by atoms with van der Waals surface area (Å²) in [5, 5.41) is 19.7. The van der Waals surface area contributed by atoms with Gasteiger partial charge in [-0.2, -0.15) is 10.5 Å². The summed E-state index contributed by atoms with van der Waals surface area (Å²) in [7, 11) is 0. The molecule has 3 nitrogen and oxygen atoms in total. The molecule has 2 aromatic rings. The third kappa shape index (κ3) is 4.20. The van der Waals surface area contributed by atoms with Crippen LogP contribution in [0.2, 0.25) is 0 Å². The quantitative estimate of drug-likeness (QED) is 0.576. The molecule has 0 amide bonds. The molecule has 0 aliphatic heterocycles. The van der Waals surface area contributed by atoms with Gasteiger partial charge in [-0.3, -0.25) is 0 Å². The molecule has 0 heterocycles. The maximum absolute atomic E-state index is 9.86. The number of nitriles is 2. The van der Waals surface area contributed by atoms with Crippen molar-refractivity contribution in [2.45, 2.75) is 58.3 Å². The van der Waals surface area contributed by atoms with Gasteiger partial charge in [0.2, 0.25) is 0 Å². The number of nitrogens with zero attached hydrogens (tertiary/aromatic N) is 2. The molecule has 3 heteroatoms. The van der Waals surface area contributed by atoms with Crippen molar-refractivity contribution in [2.75, 3.05) is 6.61 Å². The fourth-order valence-electron chi connectivity index (χ4n) is 4.50. The Bertz CT molecular complexity index is 878. The van der Waals surface area contributed by atoms with Crippen molar-refractivity contribution in [1.82, 2.24) is 0 Å². The summed E-state index contributed by atoms with van der Waals surface area (Å²) < 4.78 is 5.51. The minimum absolute atomic E-state index is 0.393. The van der Waals surface area contributed by atoms with Crippen LogP contribution < -0.4 is 4.74 Å². The molecule has 144 valence electrons. The highest BCUT2D eigenvalue weighted by Gasteiger charge is 2.25. The lowest BCUT2D eigenvalue weighted by Crippen LogP contribution is -2.14. The molecule has 3 rings (SSSR count). The van der Waals surface area contributed by atoms with Crippen molar-refractivity contribution in [3.63, 3.8) is 0 Å². The zero-order chi connectivity index (χ0) is 19.9. The lowest BCUT2D eigenvalue weighted by Gasteiger charge is -2.29. The van der Waals surface area contributed by atoms with Crippen LogP contribution in [0.3, 0.4) is 0 Å². The first-order valence-corrected chi connectivity index (χ1v) is 10.4. The Morgan fingerprint density at radius 2 is 1.57 bits per heavy atom. The largest absolute Gasteiger partial charge is 0.494 e. The molecule has 0 radical (unpaired) electrons. The molecule has 1 aliphatic carbocycles. The predicted molar refractivity (Wildman–Crippen MR) is 112 cm³/mol. The molecule has 1 fully saturated rings. The van der Waals surface area contributed by atoms with Crippen molar-refractivity contribution in [3.8, 4) is 29.0 Å². The van der Waals surface area contributed by atoms with Gasteiger partial charge in [0, 0.05) is 5.56 Å². The first-order chi connectivity index (χ1) is 13.7. The average molecular weight is 373 g/mol. The van der Waals surface area contributed by atoms with E-state index >= 15 is 0 Å². The second-order valence-corrected chi connectivity index (χ2v) is 7.64. The maximum atomic E-state index is 9.86. The lowest BCUT2D eigenvalue weighted by atomic mass is 9.75. The summed E-state index contributed by atoms with van der Waals surface area (Å²) in [5.74, 6) is 2.03. The summed E-state index contributed by atoms with van der Waals surface area (Å²) in [6.07, 6.45) is 7.24. The van der Waals surface area contributed by atoms with Crippen LogP contribution >= 0.6 is 0 Å². The second-order valence-electron chi connectivity index (χ2n) is 7.64. The Balaban J connectivity index is 1.91. The van der Waals surface area contributed by atoms with Crippen molar-refractivity contribution in [3.05, 3.63) is 53.1 Å². The monoisotopic (exact) mass is 372 g/mol. The standard InChI is InChI=1S/C25H28N2O/c1-3-5-18-6-8-19(9-7-18)22-14-15-23(25(17-27)24(22)16-26)20-10-12-21(13-11-20)28-4-2/h10-15,18-19H,3-9H2,1-2H3. The molecule has 2 aromatic carbocycles. The minimum atomic E-state index is 0.393. The van der Waals surface area contributed by atoms with Crippen LogP contribution in [0.1, 0.15) is 75.0 Å². The van der Waals surface area contributed by atoms with Crippen LogP contribution in [0, 0.1) is 28.6 Å². The smallest absolute Gasteiger partial charge is 0.119 e. The van der Waals surface area contributed by atoms with Crippen LogP contribution in [0.4, 0.5) is 0 Å². The SMILES string of the molecule is CCCC1CCC(c2ccc(-c3ccc(OCC)cc3)c(C#N)c2C#N)CC1. The molecule has 1 saturated carbocycles. The van der Waals surface area contributed by atoms with Crippen molar-refractivity contribution >= 4 is 0 Å². The molecule has 1 aliphatic rings. The van der Waals surface area contributed by atoms with Crippen LogP contribution in [0.5, 0.6) is 5.75 Å². The number of benzene rings is 2. The fourth-order valence-corrected chi connectivity index (χ4v) is 4.50. The maximum Gasteiger partial charge on any atom is 0.119 e. The predicted octanol–water partition coefficient (Wildman–Crippen LogP) is 6.57. The van der Waals surface area contributed by atoms with Crippen molar-refractivity contribution < 1.29 is 4.74 Å². The normalized spacial score (nSPS) is 18.9. The highest BCUT2D eigenvalue weighted by atomic mass is 16.5. The van der Waals surface area contributed by atoms with Gasteiger partial charge in [0.15, 0.2) is 0 Å². The van der Waals surface area contributed by atoms with E-state index in [2.05, 4.69) is 25.1 Å². The third-order valence-electron chi connectivity index (χ3n) is 5.92. The van der Waals surface area contributed by atoms with Crippen LogP contribution in [-0.2, 0) is 0 Å². The van der Waals surface area contributed by atoms with Crippen molar-refractivity contribution in [1.29, 1.82) is 10.5 Å². The Kier molecular flexibility index (Phi) is 6.72. The number of hydrogen-bond acceptors (Lipinski definition) is 3. The van der Waals surface area contributed by atoms with Gasteiger partial charge in [0.1, 0.15) is 17.9 Å². The second kappa shape index (κ2) is 9.43. The Morgan fingerprint density at radius 3 is 2.14 bits per heavy atom.